The molecule has 2 aromatic rings. The molecule has 4 rings (SSSR count). The molecule has 2 aliphatic heterocycles. The number of likely N-dealkylation sites (tertiary alicyclic amines) is 1. The minimum atomic E-state index is -4.48. The Bertz CT molecular complexity index is 1210. The molecule has 2 aliphatic rings. The molecule has 1 fully saturated rings. The molecule has 0 saturated carbocycles. The van der Waals surface area contributed by atoms with Gasteiger partial charge in [-0.2, -0.15) is 13.2 Å². The number of nitrogens with zero attached hydrogens (tertiary/aromatic N) is 2. The summed E-state index contributed by atoms with van der Waals surface area (Å²) >= 11 is 0. The van der Waals surface area contributed by atoms with Crippen molar-refractivity contribution in [3.8, 4) is 0 Å². The van der Waals surface area contributed by atoms with Gasteiger partial charge in [0.1, 0.15) is 6.04 Å². The monoisotopic (exact) mass is 526 g/mol. The molecule has 1 atom stereocenters. The van der Waals surface area contributed by atoms with Crippen LogP contribution in [0.5, 0.6) is 0 Å². The molecule has 0 bridgehead atoms. The molecule has 5 nitrogen and oxygen atoms in total. The summed E-state index contributed by atoms with van der Waals surface area (Å²) in [5.74, 6) is 0.364. The van der Waals surface area contributed by atoms with Gasteiger partial charge in [-0.05, 0) is 66.7 Å². The molecule has 3 N–H and O–H groups in total. The van der Waals surface area contributed by atoms with E-state index in [1.54, 1.807) is 17.0 Å². The lowest BCUT2D eigenvalue weighted by Crippen LogP contribution is -2.44. The molecule has 0 aromatic heterocycles. The van der Waals surface area contributed by atoms with Gasteiger partial charge in [0.05, 0.1) is 17.9 Å². The first kappa shape index (κ1) is 27.7. The van der Waals surface area contributed by atoms with Crippen LogP contribution in [0.25, 0.3) is 5.70 Å². The number of hydrogen-bond acceptors (Lipinski definition) is 3. The lowest BCUT2D eigenvalue weighted by atomic mass is 9.86. The zero-order chi connectivity index (χ0) is 27.5. The highest BCUT2D eigenvalue weighted by Crippen LogP contribution is 2.36. The number of nitrogens with one attached hydrogen (secondary N) is 1. The zero-order valence-electron chi connectivity index (χ0n) is 22.4. The average molecular weight is 527 g/mol. The Morgan fingerprint density at radius 2 is 1.82 bits per heavy atom. The van der Waals surface area contributed by atoms with E-state index >= 15 is 0 Å². The first-order valence-corrected chi connectivity index (χ1v) is 13.3. The number of alkyl halides is 3. The van der Waals surface area contributed by atoms with E-state index in [9.17, 15) is 13.2 Å². The smallest absolute Gasteiger partial charge is 0.416 e. The van der Waals surface area contributed by atoms with E-state index in [1.165, 1.54) is 11.6 Å². The quantitative estimate of drug-likeness (QED) is 0.336. The van der Waals surface area contributed by atoms with E-state index in [-0.39, 0.29) is 29.4 Å². The van der Waals surface area contributed by atoms with Gasteiger partial charge in [0.2, 0.25) is 5.90 Å². The first-order valence-electron chi connectivity index (χ1n) is 13.3. The summed E-state index contributed by atoms with van der Waals surface area (Å²) in [4.78, 5) is 6.42. The van der Waals surface area contributed by atoms with Crippen LogP contribution >= 0.6 is 0 Å². The first-order chi connectivity index (χ1) is 17.9. The number of aryl methyl sites for hydroxylation is 2. The summed E-state index contributed by atoms with van der Waals surface area (Å²) < 4.78 is 48.5. The van der Waals surface area contributed by atoms with Gasteiger partial charge < -0.3 is 15.4 Å². The Labute approximate surface area is 223 Å². The number of rotatable bonds is 5. The van der Waals surface area contributed by atoms with Gasteiger partial charge in [-0.15, -0.1) is 0 Å². The number of ether oxygens (including phenoxy) is 1. The maximum Gasteiger partial charge on any atom is 0.416 e. The van der Waals surface area contributed by atoms with E-state index in [4.69, 9.17) is 15.9 Å². The number of nitrogens with two attached hydrogens (primary N) is 1. The summed E-state index contributed by atoms with van der Waals surface area (Å²) in [5.41, 5.74) is 8.49. The van der Waals surface area contributed by atoms with Gasteiger partial charge in [0.15, 0.2) is 5.96 Å². The Hall–Kier alpha value is -3.29. The normalized spacial score (nSPS) is 18.8. The molecular formula is C30H37F3N4O. The predicted molar refractivity (Wildman–Crippen MR) is 146 cm³/mol. The largest absolute Gasteiger partial charge is 0.479 e. The molecule has 1 saturated heterocycles. The summed E-state index contributed by atoms with van der Waals surface area (Å²) in [6, 6.07) is 12.4. The van der Waals surface area contributed by atoms with Crippen molar-refractivity contribution in [1.29, 1.82) is 5.41 Å². The number of allylic oxidation sites excluding steroid dienone is 1. The molecule has 38 heavy (non-hydrogen) atoms. The fraction of sp³-hybridized carbons (Fsp3) is 0.467. The van der Waals surface area contributed by atoms with Crippen LogP contribution in [0.3, 0.4) is 0 Å². The van der Waals surface area contributed by atoms with E-state index in [2.05, 4.69) is 37.9 Å². The Morgan fingerprint density at radius 3 is 2.47 bits per heavy atom. The second kappa shape index (κ2) is 11.2. The third kappa shape index (κ3) is 6.58. The fourth-order valence-corrected chi connectivity index (χ4v) is 5.03. The van der Waals surface area contributed by atoms with Gasteiger partial charge in [-0.3, -0.25) is 5.41 Å². The summed E-state index contributed by atoms with van der Waals surface area (Å²) in [5, 5.41) is 7.87. The van der Waals surface area contributed by atoms with Gasteiger partial charge in [-0.25, -0.2) is 4.99 Å². The van der Waals surface area contributed by atoms with Crippen LogP contribution in [0.2, 0.25) is 0 Å². The van der Waals surface area contributed by atoms with Crippen molar-refractivity contribution < 1.29 is 17.9 Å². The molecule has 0 spiro atoms. The molecular weight excluding hydrogens is 489 g/mol. The van der Waals surface area contributed by atoms with Crippen LogP contribution in [0.4, 0.5) is 13.2 Å². The molecule has 0 unspecified atom stereocenters. The van der Waals surface area contributed by atoms with Crippen LogP contribution in [0, 0.1) is 5.41 Å². The van der Waals surface area contributed by atoms with Crippen molar-refractivity contribution in [2.24, 2.45) is 10.7 Å². The van der Waals surface area contributed by atoms with E-state index < -0.39 is 11.7 Å². The van der Waals surface area contributed by atoms with E-state index in [1.807, 2.05) is 18.2 Å². The van der Waals surface area contributed by atoms with Crippen molar-refractivity contribution in [2.45, 2.75) is 76.9 Å². The van der Waals surface area contributed by atoms with Crippen LogP contribution in [-0.2, 0) is 29.2 Å². The number of guanidine groups is 1. The molecule has 0 amide bonds. The van der Waals surface area contributed by atoms with Crippen LogP contribution in [0.1, 0.15) is 74.3 Å². The Morgan fingerprint density at radius 1 is 1.08 bits per heavy atom. The maximum atomic E-state index is 14.2. The summed E-state index contributed by atoms with van der Waals surface area (Å²) in [6.45, 7) is 7.51. The number of benzene rings is 2. The SMILES string of the molecule is CC(C)(C)c1ccc(CCc2ccc(C3=CCCCOC([C@@H]4CCCN4C(=N)N)=N3)cc2C(F)(F)F)cc1. The summed E-state index contributed by atoms with van der Waals surface area (Å²) in [6.07, 6.45) is 1.16. The fourth-order valence-electron chi connectivity index (χ4n) is 5.03. The molecule has 2 heterocycles. The standard InChI is InChI=1S/C30H37F3N4O/c1-29(2,3)23-15-10-20(11-16-23)9-12-21-13-14-22(19-24(21)30(31,32)33)25-7-4-5-18-38-27(36-25)26-8-6-17-37(26)28(34)35/h7,10-11,13-16,19,26H,4-6,8-9,12,17-18H2,1-3H3,(H3,34,35)/t26-/m0/s1. The van der Waals surface area contributed by atoms with Crippen molar-refractivity contribution in [1.82, 2.24) is 4.90 Å². The molecule has 0 aliphatic carbocycles. The average Bonchev–Trinajstić information content (AvgIpc) is 3.32. The van der Waals surface area contributed by atoms with Crippen molar-refractivity contribution in [2.75, 3.05) is 13.2 Å². The van der Waals surface area contributed by atoms with E-state index in [0.717, 1.165) is 24.8 Å². The summed E-state index contributed by atoms with van der Waals surface area (Å²) in [7, 11) is 0. The zero-order valence-corrected chi connectivity index (χ0v) is 22.4. The van der Waals surface area contributed by atoms with Gasteiger partial charge in [0.25, 0.3) is 0 Å². The van der Waals surface area contributed by atoms with Crippen molar-refractivity contribution in [3.05, 3.63) is 76.4 Å². The lowest BCUT2D eigenvalue weighted by molar-refractivity contribution is -0.138. The van der Waals surface area contributed by atoms with Gasteiger partial charge >= 0.3 is 6.18 Å². The third-order valence-electron chi connectivity index (χ3n) is 7.23. The maximum absolute atomic E-state index is 14.2. The second-order valence-corrected chi connectivity index (χ2v) is 11.1. The molecule has 2 aromatic carbocycles. The van der Waals surface area contributed by atoms with E-state index in [0.29, 0.717) is 43.2 Å². The Balaban J connectivity index is 1.61. The molecule has 8 heteroatoms. The highest BCUT2D eigenvalue weighted by atomic mass is 19.4. The number of aliphatic imine (C=N–C) groups is 1. The van der Waals surface area contributed by atoms with Crippen LogP contribution < -0.4 is 5.73 Å². The van der Waals surface area contributed by atoms with Crippen molar-refractivity contribution >= 4 is 17.6 Å². The second-order valence-electron chi connectivity index (χ2n) is 11.1. The van der Waals surface area contributed by atoms with Crippen LogP contribution in [-0.4, -0.2) is 36.0 Å². The molecule has 0 radical (unpaired) electrons. The lowest BCUT2D eigenvalue weighted by Gasteiger charge is -2.26. The highest BCUT2D eigenvalue weighted by molar-refractivity contribution is 5.91. The highest BCUT2D eigenvalue weighted by Gasteiger charge is 2.35. The molecule has 204 valence electrons. The minimum absolute atomic E-state index is 0.0268. The van der Waals surface area contributed by atoms with Gasteiger partial charge in [-0.1, -0.05) is 63.2 Å². The number of halogens is 3. The minimum Gasteiger partial charge on any atom is -0.479 e. The number of hydrogen-bond donors (Lipinski definition) is 2. The predicted octanol–water partition coefficient (Wildman–Crippen LogP) is 6.70. The van der Waals surface area contributed by atoms with Gasteiger partial charge in [0, 0.05) is 12.1 Å². The third-order valence-corrected chi connectivity index (χ3v) is 7.23. The Kier molecular flexibility index (Phi) is 8.19. The topological polar surface area (TPSA) is 74.7 Å². The van der Waals surface area contributed by atoms with Crippen LogP contribution in [0.15, 0.2) is 53.5 Å². The van der Waals surface area contributed by atoms with Crippen molar-refractivity contribution in [3.63, 3.8) is 0 Å².